The van der Waals surface area contributed by atoms with Gasteiger partial charge in [-0.25, -0.2) is 4.79 Å². The number of rotatable bonds is 6. The van der Waals surface area contributed by atoms with Gasteiger partial charge in [0.2, 0.25) is 0 Å². The summed E-state index contributed by atoms with van der Waals surface area (Å²) in [5, 5.41) is 0. The quantitative estimate of drug-likeness (QED) is 0.576. The Hall–Kier alpha value is -3.73. The summed E-state index contributed by atoms with van der Waals surface area (Å²) in [6, 6.07) is 25.4. The lowest BCUT2D eigenvalue weighted by molar-refractivity contribution is 0.167. The highest BCUT2D eigenvalue weighted by Crippen LogP contribution is 2.34. The van der Waals surface area contributed by atoms with E-state index in [1.165, 1.54) is 0 Å². The number of hydrogen-bond donors (Lipinski definition) is 0. The van der Waals surface area contributed by atoms with Crippen molar-refractivity contribution in [1.82, 2.24) is 4.90 Å². The minimum Gasteiger partial charge on any atom is -0.497 e. The Kier molecular flexibility index (Phi) is 5.70. The standard InChI is InChI=1S/C25H23NO4/c1-28-21-12-6-10-19(14-21)24(20-11-7-13-22(15-20)29-2)23-17-26(25(27)30-23)16-18-8-4-3-5-9-18/h3-15H,16-17H2,1-2H3. The third-order valence-electron chi connectivity index (χ3n) is 5.02. The summed E-state index contributed by atoms with van der Waals surface area (Å²) in [7, 11) is 3.27. The lowest BCUT2D eigenvalue weighted by atomic mass is 9.96. The van der Waals surface area contributed by atoms with E-state index in [4.69, 9.17) is 14.2 Å². The summed E-state index contributed by atoms with van der Waals surface area (Å²) in [6.45, 7) is 0.879. The second-order valence-electron chi connectivity index (χ2n) is 6.97. The lowest BCUT2D eigenvalue weighted by Crippen LogP contribution is -2.23. The van der Waals surface area contributed by atoms with Crippen LogP contribution in [0.15, 0.2) is 84.6 Å². The van der Waals surface area contributed by atoms with Crippen molar-refractivity contribution in [2.45, 2.75) is 6.54 Å². The normalized spacial score (nSPS) is 13.2. The van der Waals surface area contributed by atoms with Gasteiger partial charge in [0.25, 0.3) is 0 Å². The molecule has 1 fully saturated rings. The maximum atomic E-state index is 12.6. The van der Waals surface area contributed by atoms with Crippen LogP contribution in [0.5, 0.6) is 11.5 Å². The van der Waals surface area contributed by atoms with E-state index < -0.39 is 0 Å². The third-order valence-corrected chi connectivity index (χ3v) is 5.02. The molecule has 0 unspecified atom stereocenters. The SMILES string of the molecule is COc1cccc(C(=C2CN(Cc3ccccc3)C(=O)O2)c2cccc(OC)c2)c1. The van der Waals surface area contributed by atoms with Gasteiger partial charge in [-0.15, -0.1) is 0 Å². The Morgan fingerprint density at radius 3 is 2.03 bits per heavy atom. The van der Waals surface area contributed by atoms with Crippen LogP contribution < -0.4 is 9.47 Å². The predicted molar refractivity (Wildman–Crippen MR) is 115 cm³/mol. The Morgan fingerprint density at radius 2 is 1.47 bits per heavy atom. The van der Waals surface area contributed by atoms with Crippen LogP contribution >= 0.6 is 0 Å². The van der Waals surface area contributed by atoms with Crippen molar-refractivity contribution in [2.75, 3.05) is 20.8 Å². The molecule has 1 aliphatic heterocycles. The fourth-order valence-corrected chi connectivity index (χ4v) is 3.54. The van der Waals surface area contributed by atoms with Crippen molar-refractivity contribution >= 4 is 11.7 Å². The summed E-state index contributed by atoms with van der Waals surface area (Å²) in [5.74, 6) is 2.08. The maximum Gasteiger partial charge on any atom is 0.415 e. The van der Waals surface area contributed by atoms with Gasteiger partial charge >= 0.3 is 6.09 Å². The smallest absolute Gasteiger partial charge is 0.415 e. The molecule has 0 N–H and O–H groups in total. The van der Waals surface area contributed by atoms with E-state index in [-0.39, 0.29) is 6.09 Å². The van der Waals surface area contributed by atoms with Crippen LogP contribution in [0.1, 0.15) is 16.7 Å². The van der Waals surface area contributed by atoms with Gasteiger partial charge < -0.3 is 14.2 Å². The summed E-state index contributed by atoms with van der Waals surface area (Å²) in [5.41, 5.74) is 3.72. The van der Waals surface area contributed by atoms with Gasteiger partial charge in [0.15, 0.2) is 0 Å². The minimum absolute atomic E-state index is 0.350. The van der Waals surface area contributed by atoms with Gasteiger partial charge in [0, 0.05) is 12.1 Å². The average Bonchev–Trinajstić information content (AvgIpc) is 3.14. The molecule has 1 heterocycles. The molecule has 0 radical (unpaired) electrons. The molecule has 0 spiro atoms. The molecule has 30 heavy (non-hydrogen) atoms. The molecule has 0 saturated carbocycles. The van der Waals surface area contributed by atoms with Gasteiger partial charge in [-0.05, 0) is 41.0 Å². The molecular formula is C25H23NO4. The molecule has 152 valence electrons. The largest absolute Gasteiger partial charge is 0.497 e. The molecule has 5 nitrogen and oxygen atoms in total. The first kappa shape index (κ1) is 19.6. The molecule has 0 bridgehead atoms. The van der Waals surface area contributed by atoms with Crippen molar-refractivity contribution in [2.24, 2.45) is 0 Å². The number of hydrogen-bond acceptors (Lipinski definition) is 4. The summed E-state index contributed by atoms with van der Waals surface area (Å²) in [4.78, 5) is 14.3. The van der Waals surface area contributed by atoms with Gasteiger partial charge in [-0.1, -0.05) is 54.6 Å². The number of nitrogens with zero attached hydrogens (tertiary/aromatic N) is 1. The number of cyclic esters (lactones) is 1. The van der Waals surface area contributed by atoms with Crippen molar-refractivity contribution in [1.29, 1.82) is 0 Å². The highest BCUT2D eigenvalue weighted by atomic mass is 16.6. The van der Waals surface area contributed by atoms with Crippen LogP contribution in [0.2, 0.25) is 0 Å². The van der Waals surface area contributed by atoms with E-state index in [2.05, 4.69) is 0 Å². The van der Waals surface area contributed by atoms with Crippen LogP contribution in [0.4, 0.5) is 4.79 Å². The Balaban J connectivity index is 1.76. The van der Waals surface area contributed by atoms with Crippen LogP contribution in [0, 0.1) is 0 Å². The number of carbonyl (C=O) groups excluding carboxylic acids is 1. The van der Waals surface area contributed by atoms with Crippen molar-refractivity contribution in [3.05, 3.63) is 101 Å². The fraction of sp³-hybridized carbons (Fsp3) is 0.160. The summed E-state index contributed by atoms with van der Waals surface area (Å²) in [6.07, 6.45) is -0.350. The molecular weight excluding hydrogens is 378 g/mol. The van der Waals surface area contributed by atoms with E-state index in [1.807, 2.05) is 78.9 Å². The van der Waals surface area contributed by atoms with Gasteiger partial charge in [-0.2, -0.15) is 0 Å². The maximum absolute atomic E-state index is 12.6. The van der Waals surface area contributed by atoms with Crippen LogP contribution in [-0.4, -0.2) is 31.8 Å². The first-order valence-electron chi connectivity index (χ1n) is 9.70. The number of carbonyl (C=O) groups is 1. The Labute approximate surface area is 176 Å². The van der Waals surface area contributed by atoms with Crippen LogP contribution in [0.25, 0.3) is 5.57 Å². The van der Waals surface area contributed by atoms with E-state index in [9.17, 15) is 4.79 Å². The number of benzene rings is 3. The van der Waals surface area contributed by atoms with Crippen molar-refractivity contribution in [3.63, 3.8) is 0 Å². The number of methoxy groups -OCH3 is 2. The first-order chi connectivity index (χ1) is 14.7. The molecule has 1 saturated heterocycles. The zero-order valence-corrected chi connectivity index (χ0v) is 17.0. The highest BCUT2D eigenvalue weighted by Gasteiger charge is 2.30. The van der Waals surface area contributed by atoms with Gasteiger partial charge in [0.1, 0.15) is 17.3 Å². The molecule has 0 atom stereocenters. The molecule has 3 aromatic rings. The lowest BCUT2D eigenvalue weighted by Gasteiger charge is -2.14. The average molecular weight is 401 g/mol. The summed E-state index contributed by atoms with van der Waals surface area (Å²) >= 11 is 0. The minimum atomic E-state index is -0.350. The van der Waals surface area contributed by atoms with E-state index in [0.29, 0.717) is 18.8 Å². The van der Waals surface area contributed by atoms with Crippen molar-refractivity contribution < 1.29 is 19.0 Å². The molecule has 1 aliphatic rings. The zero-order valence-electron chi connectivity index (χ0n) is 17.0. The number of ether oxygens (including phenoxy) is 3. The van der Waals surface area contributed by atoms with E-state index in [1.54, 1.807) is 19.1 Å². The molecule has 0 aliphatic carbocycles. The molecule has 5 heteroatoms. The molecule has 1 amide bonds. The molecule has 3 aromatic carbocycles. The second kappa shape index (κ2) is 8.74. The third kappa shape index (κ3) is 4.15. The van der Waals surface area contributed by atoms with Crippen molar-refractivity contribution in [3.8, 4) is 11.5 Å². The monoisotopic (exact) mass is 401 g/mol. The van der Waals surface area contributed by atoms with Gasteiger partial charge in [0.05, 0.1) is 20.8 Å². The van der Waals surface area contributed by atoms with Crippen LogP contribution in [0.3, 0.4) is 0 Å². The molecule has 4 rings (SSSR count). The Morgan fingerprint density at radius 1 is 0.867 bits per heavy atom. The topological polar surface area (TPSA) is 48.0 Å². The van der Waals surface area contributed by atoms with Gasteiger partial charge in [-0.3, -0.25) is 4.90 Å². The van der Waals surface area contributed by atoms with E-state index >= 15 is 0 Å². The fourth-order valence-electron chi connectivity index (χ4n) is 3.54. The first-order valence-corrected chi connectivity index (χ1v) is 9.70. The Bertz CT molecular complexity index is 1030. The van der Waals surface area contributed by atoms with E-state index in [0.717, 1.165) is 33.8 Å². The second-order valence-corrected chi connectivity index (χ2v) is 6.97. The van der Waals surface area contributed by atoms with Crippen LogP contribution in [-0.2, 0) is 11.3 Å². The summed E-state index contributed by atoms with van der Waals surface area (Å²) < 4.78 is 16.6. The zero-order chi connectivity index (χ0) is 20.9. The molecule has 0 aromatic heterocycles. The number of amides is 1. The predicted octanol–water partition coefficient (Wildman–Crippen LogP) is 5.12. The highest BCUT2D eigenvalue weighted by molar-refractivity contribution is 5.86.